The van der Waals surface area contributed by atoms with Gasteiger partial charge in [0.05, 0.1) is 16.5 Å². The molecule has 7 heteroatoms. The Morgan fingerprint density at radius 3 is 2.78 bits per heavy atom. The van der Waals surface area contributed by atoms with Crippen LogP contribution in [0.4, 0.5) is 11.4 Å². The molecule has 23 heavy (non-hydrogen) atoms. The van der Waals surface area contributed by atoms with Gasteiger partial charge in [0.25, 0.3) is 0 Å². The first-order chi connectivity index (χ1) is 11.2. The molecule has 0 fully saturated rings. The molecule has 1 atom stereocenters. The van der Waals surface area contributed by atoms with Crippen molar-refractivity contribution in [2.24, 2.45) is 11.7 Å². The molecule has 0 bridgehead atoms. The number of halogens is 1. The average molecular weight is 349 g/mol. The largest absolute Gasteiger partial charge is 0.330 e. The molecule has 2 aromatic rings. The monoisotopic (exact) mass is 348 g/mol. The van der Waals surface area contributed by atoms with Crippen LogP contribution in [0, 0.1) is 5.92 Å². The first kappa shape index (κ1) is 16.1. The molecule has 1 heterocycles. The van der Waals surface area contributed by atoms with Gasteiger partial charge in [-0.15, -0.1) is 0 Å². The minimum Gasteiger partial charge on any atom is -0.330 e. The molecule has 1 unspecified atom stereocenters. The molecule has 1 aliphatic heterocycles. The van der Waals surface area contributed by atoms with Crippen molar-refractivity contribution >= 4 is 40.8 Å². The standard InChI is InChI=1S/C16H17ClN4OS/c17-12-3-1-10(2-4-12)7-11(9-18)16(22)19-13-5-6-14-15(8-13)23-21-20-14/h1-6,8,11,20-21H,7,9,18H2,(H,19,22). The summed E-state index contributed by atoms with van der Waals surface area (Å²) < 4.78 is 0. The van der Waals surface area contributed by atoms with Crippen LogP contribution in [0.2, 0.25) is 5.02 Å². The summed E-state index contributed by atoms with van der Waals surface area (Å²) in [5, 5.41) is 3.62. The van der Waals surface area contributed by atoms with E-state index in [0.29, 0.717) is 11.4 Å². The average Bonchev–Trinajstić information content (AvgIpc) is 3.02. The number of fused-ring (bicyclic) bond motifs is 1. The van der Waals surface area contributed by atoms with Gasteiger partial charge in [0.1, 0.15) is 0 Å². The fourth-order valence-electron chi connectivity index (χ4n) is 2.36. The molecule has 3 rings (SSSR count). The van der Waals surface area contributed by atoms with Crippen LogP contribution in [0.3, 0.4) is 0 Å². The fraction of sp³-hybridized carbons (Fsp3) is 0.188. The first-order valence-electron chi connectivity index (χ1n) is 7.23. The highest BCUT2D eigenvalue weighted by molar-refractivity contribution is 7.98. The summed E-state index contributed by atoms with van der Waals surface area (Å²) in [5.41, 5.74) is 11.6. The van der Waals surface area contributed by atoms with Gasteiger partial charge in [-0.1, -0.05) is 23.7 Å². The number of rotatable bonds is 5. The topological polar surface area (TPSA) is 79.2 Å². The zero-order valence-electron chi connectivity index (χ0n) is 12.3. The van der Waals surface area contributed by atoms with Gasteiger partial charge >= 0.3 is 0 Å². The molecule has 1 amide bonds. The number of nitrogens with two attached hydrogens (primary N) is 1. The van der Waals surface area contributed by atoms with E-state index in [4.69, 9.17) is 17.3 Å². The minimum absolute atomic E-state index is 0.0775. The number of nitrogens with one attached hydrogen (secondary N) is 3. The van der Waals surface area contributed by atoms with Crippen LogP contribution in [-0.2, 0) is 11.2 Å². The lowest BCUT2D eigenvalue weighted by Gasteiger charge is -2.15. The van der Waals surface area contributed by atoms with Crippen LogP contribution in [0.15, 0.2) is 47.4 Å². The predicted molar refractivity (Wildman–Crippen MR) is 95.4 cm³/mol. The number of hydrogen-bond acceptors (Lipinski definition) is 5. The van der Waals surface area contributed by atoms with E-state index in [1.54, 1.807) is 0 Å². The lowest BCUT2D eigenvalue weighted by Crippen LogP contribution is -2.31. The number of hydrogen-bond donors (Lipinski definition) is 4. The van der Waals surface area contributed by atoms with E-state index in [1.165, 1.54) is 11.9 Å². The van der Waals surface area contributed by atoms with E-state index in [0.717, 1.165) is 21.8 Å². The lowest BCUT2D eigenvalue weighted by molar-refractivity contribution is -0.119. The van der Waals surface area contributed by atoms with E-state index < -0.39 is 0 Å². The van der Waals surface area contributed by atoms with Gasteiger partial charge in [-0.3, -0.25) is 4.79 Å². The smallest absolute Gasteiger partial charge is 0.229 e. The summed E-state index contributed by atoms with van der Waals surface area (Å²) in [4.78, 5) is 16.5. The van der Waals surface area contributed by atoms with E-state index in [2.05, 4.69) is 15.6 Å². The maximum Gasteiger partial charge on any atom is 0.229 e. The Hall–Kier alpha value is -1.73. The highest BCUT2D eigenvalue weighted by Crippen LogP contribution is 2.32. The first-order valence-corrected chi connectivity index (χ1v) is 8.42. The number of hydrazine groups is 1. The second kappa shape index (κ2) is 7.23. The summed E-state index contributed by atoms with van der Waals surface area (Å²) in [6.45, 7) is 0.289. The van der Waals surface area contributed by atoms with Crippen molar-refractivity contribution in [3.63, 3.8) is 0 Å². The molecular formula is C16H17ClN4OS. The molecule has 120 valence electrons. The molecule has 0 radical (unpaired) electrons. The number of carbonyl (C=O) groups excluding carboxylic acids is 1. The predicted octanol–water partition coefficient (Wildman–Crippen LogP) is 3.03. The van der Waals surface area contributed by atoms with Crippen LogP contribution >= 0.6 is 23.5 Å². The molecule has 1 aliphatic rings. The van der Waals surface area contributed by atoms with Gasteiger partial charge < -0.3 is 16.5 Å². The molecule has 0 spiro atoms. The number of amides is 1. The molecule has 2 aromatic carbocycles. The summed E-state index contributed by atoms with van der Waals surface area (Å²) in [6, 6.07) is 13.2. The van der Waals surface area contributed by atoms with Crippen LogP contribution in [0.1, 0.15) is 5.56 Å². The molecular weight excluding hydrogens is 332 g/mol. The Morgan fingerprint density at radius 2 is 2.04 bits per heavy atom. The normalized spacial score (nSPS) is 14.0. The lowest BCUT2D eigenvalue weighted by atomic mass is 9.98. The maximum atomic E-state index is 12.5. The molecule has 0 saturated carbocycles. The van der Waals surface area contributed by atoms with Crippen molar-refractivity contribution in [3.8, 4) is 0 Å². The molecule has 0 saturated heterocycles. The Kier molecular flexibility index (Phi) is 5.07. The van der Waals surface area contributed by atoms with Gasteiger partial charge in [0.2, 0.25) is 5.91 Å². The van der Waals surface area contributed by atoms with Crippen molar-refractivity contribution in [2.45, 2.75) is 11.3 Å². The Labute approximate surface area is 144 Å². The van der Waals surface area contributed by atoms with Crippen molar-refractivity contribution in [3.05, 3.63) is 53.1 Å². The molecule has 0 aliphatic carbocycles. The second-order valence-corrected chi connectivity index (χ2v) is 6.58. The zero-order valence-corrected chi connectivity index (χ0v) is 13.9. The Balaban J connectivity index is 1.66. The number of carbonyl (C=O) groups is 1. The molecule has 5 N–H and O–H groups in total. The van der Waals surface area contributed by atoms with E-state index >= 15 is 0 Å². The van der Waals surface area contributed by atoms with Crippen LogP contribution in [0.25, 0.3) is 0 Å². The minimum atomic E-state index is -0.284. The van der Waals surface area contributed by atoms with Crippen molar-refractivity contribution in [2.75, 3.05) is 17.3 Å². The van der Waals surface area contributed by atoms with Gasteiger partial charge in [-0.05, 0) is 54.3 Å². The SMILES string of the molecule is NCC(Cc1ccc(Cl)cc1)C(=O)Nc1ccc2c(c1)SNN2. The quantitative estimate of drug-likeness (QED) is 0.625. The van der Waals surface area contributed by atoms with Crippen LogP contribution in [-0.4, -0.2) is 12.5 Å². The van der Waals surface area contributed by atoms with Crippen molar-refractivity contribution < 1.29 is 4.79 Å². The Bertz CT molecular complexity index is 708. The third kappa shape index (κ3) is 3.97. The van der Waals surface area contributed by atoms with E-state index in [-0.39, 0.29) is 18.4 Å². The summed E-state index contributed by atoms with van der Waals surface area (Å²) >= 11 is 7.36. The third-order valence-corrected chi connectivity index (χ3v) is 4.66. The van der Waals surface area contributed by atoms with Crippen molar-refractivity contribution in [1.29, 1.82) is 0 Å². The third-order valence-electron chi connectivity index (χ3n) is 3.65. The van der Waals surface area contributed by atoms with Gasteiger partial charge in [-0.2, -0.15) is 4.83 Å². The van der Waals surface area contributed by atoms with Gasteiger partial charge in [0, 0.05) is 17.3 Å². The Morgan fingerprint density at radius 1 is 1.26 bits per heavy atom. The zero-order chi connectivity index (χ0) is 16.2. The van der Waals surface area contributed by atoms with Crippen molar-refractivity contribution in [1.82, 2.24) is 4.83 Å². The highest BCUT2D eigenvalue weighted by Gasteiger charge is 2.19. The van der Waals surface area contributed by atoms with E-state index in [1.807, 2.05) is 42.5 Å². The summed E-state index contributed by atoms with van der Waals surface area (Å²) in [5.74, 6) is -0.361. The highest BCUT2D eigenvalue weighted by atomic mass is 35.5. The van der Waals surface area contributed by atoms with Crippen LogP contribution < -0.4 is 21.3 Å². The van der Waals surface area contributed by atoms with Crippen LogP contribution in [0.5, 0.6) is 0 Å². The summed E-state index contributed by atoms with van der Waals surface area (Å²) in [6.07, 6.45) is 0.586. The van der Waals surface area contributed by atoms with Gasteiger partial charge in [0.15, 0.2) is 0 Å². The second-order valence-electron chi connectivity index (χ2n) is 5.29. The maximum absolute atomic E-state index is 12.5. The fourth-order valence-corrected chi connectivity index (χ4v) is 3.17. The number of anilines is 2. The summed E-state index contributed by atoms with van der Waals surface area (Å²) in [7, 11) is 0. The van der Waals surface area contributed by atoms with Gasteiger partial charge in [-0.25, -0.2) is 0 Å². The molecule has 5 nitrogen and oxygen atoms in total. The number of benzene rings is 2. The molecule has 0 aromatic heterocycles. The van der Waals surface area contributed by atoms with E-state index in [9.17, 15) is 4.79 Å².